The van der Waals surface area contributed by atoms with Gasteiger partial charge in [-0.2, -0.15) is 15.4 Å². The Morgan fingerprint density at radius 2 is 2.17 bits per heavy atom. The summed E-state index contributed by atoms with van der Waals surface area (Å²) in [5, 5.41) is 25.8. The van der Waals surface area contributed by atoms with Gasteiger partial charge in [0.25, 0.3) is 0 Å². The fraction of sp³-hybridized carbons (Fsp3) is 0.312. The van der Waals surface area contributed by atoms with Crippen LogP contribution in [0.25, 0.3) is 11.3 Å². The number of aromatic amines is 1. The molecular formula is C16H16ClN5O2. The number of benzene rings is 1. The van der Waals surface area contributed by atoms with Crippen LogP contribution in [-0.2, 0) is 12.1 Å². The Balaban J connectivity index is 1.44. The molecule has 1 saturated heterocycles. The van der Waals surface area contributed by atoms with Crippen LogP contribution in [0.15, 0.2) is 41.1 Å². The van der Waals surface area contributed by atoms with E-state index < -0.39 is 5.60 Å². The number of likely N-dealkylation sites (tertiary alicyclic amines) is 1. The van der Waals surface area contributed by atoms with Crippen molar-refractivity contribution in [3.63, 3.8) is 0 Å². The molecule has 7 nitrogen and oxygen atoms in total. The van der Waals surface area contributed by atoms with Gasteiger partial charge in [-0.3, -0.25) is 4.90 Å². The van der Waals surface area contributed by atoms with E-state index in [0.29, 0.717) is 30.2 Å². The maximum atomic E-state index is 10.7. The molecule has 2 aromatic heterocycles. The first-order chi connectivity index (χ1) is 11.6. The molecule has 2 N–H and O–H groups in total. The average molecular weight is 346 g/mol. The molecule has 1 aliphatic rings. The predicted octanol–water partition coefficient (Wildman–Crippen LogP) is 2.21. The van der Waals surface area contributed by atoms with Crippen molar-refractivity contribution in [2.45, 2.75) is 18.6 Å². The summed E-state index contributed by atoms with van der Waals surface area (Å²) in [6.45, 7) is 1.82. The molecule has 8 heteroatoms. The van der Waals surface area contributed by atoms with Crippen LogP contribution in [0.2, 0.25) is 5.02 Å². The monoisotopic (exact) mass is 345 g/mol. The molecule has 24 heavy (non-hydrogen) atoms. The number of H-pyrrole nitrogens is 1. The molecule has 3 aromatic rings. The van der Waals surface area contributed by atoms with E-state index >= 15 is 0 Å². The molecular weight excluding hydrogens is 330 g/mol. The summed E-state index contributed by atoms with van der Waals surface area (Å²) in [6, 6.07) is 9.37. The van der Waals surface area contributed by atoms with Crippen molar-refractivity contribution in [1.82, 2.24) is 25.5 Å². The number of hydrogen-bond acceptors (Lipinski definition) is 6. The number of nitrogens with one attached hydrogen (secondary N) is 1. The third kappa shape index (κ3) is 2.93. The molecule has 0 radical (unpaired) electrons. The molecule has 0 aliphatic carbocycles. The highest BCUT2D eigenvalue weighted by Gasteiger charge is 2.39. The standard InChI is InChI=1S/C16H16ClN5O2/c17-12-3-1-11(2-4-12)14-7-13(24-20-14)9-22-6-5-16(23,10-22)15-8-18-21-19-15/h1-4,7-8,23H,5-6,9-10H2,(H,18,19,21). The van der Waals surface area contributed by atoms with E-state index in [4.69, 9.17) is 16.1 Å². The number of β-amino-alcohol motifs (C(OH)–C–C–N with tert-alkyl or cyclic N) is 1. The van der Waals surface area contributed by atoms with Crippen molar-refractivity contribution >= 4 is 11.6 Å². The van der Waals surface area contributed by atoms with Crippen molar-refractivity contribution in [2.75, 3.05) is 13.1 Å². The molecule has 0 bridgehead atoms. The number of halogens is 1. The van der Waals surface area contributed by atoms with Gasteiger partial charge in [0.1, 0.15) is 17.0 Å². The normalized spacial score (nSPS) is 21.4. The number of rotatable bonds is 4. The molecule has 0 saturated carbocycles. The number of aliphatic hydroxyl groups is 1. The van der Waals surface area contributed by atoms with E-state index in [0.717, 1.165) is 23.6 Å². The third-order valence-corrected chi connectivity index (χ3v) is 4.55. The molecule has 0 amide bonds. The van der Waals surface area contributed by atoms with Gasteiger partial charge in [-0.05, 0) is 18.6 Å². The Morgan fingerprint density at radius 1 is 1.33 bits per heavy atom. The van der Waals surface area contributed by atoms with Gasteiger partial charge in [-0.25, -0.2) is 0 Å². The number of aromatic nitrogens is 4. The highest BCUT2D eigenvalue weighted by molar-refractivity contribution is 6.30. The second-order valence-electron chi connectivity index (χ2n) is 6.03. The first-order valence-electron chi connectivity index (χ1n) is 7.65. The second-order valence-corrected chi connectivity index (χ2v) is 6.47. The highest BCUT2D eigenvalue weighted by Crippen LogP contribution is 2.31. The highest BCUT2D eigenvalue weighted by atomic mass is 35.5. The SMILES string of the molecule is OC1(c2cn[nH]n2)CCN(Cc2cc(-c3ccc(Cl)cc3)no2)C1. The lowest BCUT2D eigenvalue weighted by Gasteiger charge is -2.20. The van der Waals surface area contributed by atoms with Gasteiger partial charge < -0.3 is 9.63 Å². The van der Waals surface area contributed by atoms with Crippen LogP contribution < -0.4 is 0 Å². The molecule has 3 heterocycles. The van der Waals surface area contributed by atoms with Gasteiger partial charge in [0.2, 0.25) is 0 Å². The third-order valence-electron chi connectivity index (χ3n) is 4.30. The number of nitrogens with zero attached hydrogens (tertiary/aromatic N) is 4. The fourth-order valence-electron chi connectivity index (χ4n) is 3.01. The first kappa shape index (κ1) is 15.3. The lowest BCUT2D eigenvalue weighted by atomic mass is 10.0. The number of hydrogen-bond donors (Lipinski definition) is 2. The molecule has 124 valence electrons. The van der Waals surface area contributed by atoms with Gasteiger partial charge in [0.15, 0.2) is 5.76 Å². The van der Waals surface area contributed by atoms with Gasteiger partial charge in [-0.1, -0.05) is 28.9 Å². The largest absolute Gasteiger partial charge is 0.382 e. The van der Waals surface area contributed by atoms with Crippen molar-refractivity contribution in [3.8, 4) is 11.3 Å². The Hall–Kier alpha value is -2.22. The lowest BCUT2D eigenvalue weighted by molar-refractivity contribution is 0.0400. The van der Waals surface area contributed by atoms with Crippen molar-refractivity contribution in [1.29, 1.82) is 0 Å². The maximum absolute atomic E-state index is 10.7. The fourth-order valence-corrected chi connectivity index (χ4v) is 3.13. The Labute approximate surface area is 143 Å². The van der Waals surface area contributed by atoms with Crippen molar-refractivity contribution < 1.29 is 9.63 Å². The van der Waals surface area contributed by atoms with E-state index in [-0.39, 0.29) is 0 Å². The van der Waals surface area contributed by atoms with Crippen LogP contribution in [-0.4, -0.2) is 43.7 Å². The Kier molecular flexibility index (Phi) is 3.84. The molecule has 0 spiro atoms. The second kappa shape index (κ2) is 6.01. The molecule has 1 fully saturated rings. The summed E-state index contributed by atoms with van der Waals surface area (Å²) < 4.78 is 5.43. The molecule has 1 aromatic carbocycles. The quantitative estimate of drug-likeness (QED) is 0.753. The van der Waals surface area contributed by atoms with Crippen LogP contribution in [0.5, 0.6) is 0 Å². The zero-order chi connectivity index (χ0) is 16.6. The molecule has 1 aliphatic heterocycles. The maximum Gasteiger partial charge on any atom is 0.151 e. The summed E-state index contributed by atoms with van der Waals surface area (Å²) in [5.41, 5.74) is 1.33. The van der Waals surface area contributed by atoms with Gasteiger partial charge in [0.05, 0.1) is 12.7 Å². The zero-order valence-electron chi connectivity index (χ0n) is 12.8. The predicted molar refractivity (Wildman–Crippen MR) is 87.1 cm³/mol. The van der Waals surface area contributed by atoms with Crippen LogP contribution in [0.3, 0.4) is 0 Å². The minimum Gasteiger partial charge on any atom is -0.382 e. The van der Waals surface area contributed by atoms with E-state index in [1.54, 1.807) is 6.20 Å². The summed E-state index contributed by atoms with van der Waals surface area (Å²) >= 11 is 5.90. The molecule has 1 atom stereocenters. The van der Waals surface area contributed by atoms with Gasteiger partial charge >= 0.3 is 0 Å². The van der Waals surface area contributed by atoms with Crippen LogP contribution in [0.1, 0.15) is 17.9 Å². The van der Waals surface area contributed by atoms with Crippen molar-refractivity contribution in [2.24, 2.45) is 0 Å². The Morgan fingerprint density at radius 3 is 2.92 bits per heavy atom. The van der Waals surface area contributed by atoms with Gasteiger partial charge in [0, 0.05) is 29.7 Å². The van der Waals surface area contributed by atoms with E-state index in [1.165, 1.54) is 0 Å². The van der Waals surface area contributed by atoms with Crippen LogP contribution >= 0.6 is 11.6 Å². The summed E-state index contributed by atoms with van der Waals surface area (Å²) in [7, 11) is 0. The topological polar surface area (TPSA) is 91.1 Å². The average Bonchev–Trinajstić information content (AvgIpc) is 3.30. The van der Waals surface area contributed by atoms with E-state index in [1.807, 2.05) is 30.3 Å². The minimum absolute atomic E-state index is 0.483. The Bertz CT molecular complexity index is 817. The van der Waals surface area contributed by atoms with Crippen molar-refractivity contribution in [3.05, 3.63) is 53.0 Å². The zero-order valence-corrected chi connectivity index (χ0v) is 13.6. The lowest BCUT2D eigenvalue weighted by Crippen LogP contribution is -2.30. The smallest absolute Gasteiger partial charge is 0.151 e. The van der Waals surface area contributed by atoms with Crippen LogP contribution in [0, 0.1) is 0 Å². The first-order valence-corrected chi connectivity index (χ1v) is 8.03. The minimum atomic E-state index is -0.966. The van der Waals surface area contributed by atoms with Gasteiger partial charge in [-0.15, -0.1) is 0 Å². The van der Waals surface area contributed by atoms with E-state index in [2.05, 4.69) is 25.5 Å². The van der Waals surface area contributed by atoms with E-state index in [9.17, 15) is 5.11 Å². The molecule has 4 rings (SSSR count). The molecule has 1 unspecified atom stereocenters. The summed E-state index contributed by atoms with van der Waals surface area (Å²) in [5.74, 6) is 0.754. The van der Waals surface area contributed by atoms with Crippen LogP contribution in [0.4, 0.5) is 0 Å². The summed E-state index contributed by atoms with van der Waals surface area (Å²) in [6.07, 6.45) is 2.17. The summed E-state index contributed by atoms with van der Waals surface area (Å²) in [4.78, 5) is 2.11.